The van der Waals surface area contributed by atoms with Gasteiger partial charge >= 0.3 is 0 Å². The highest BCUT2D eigenvalue weighted by molar-refractivity contribution is 5.41. The van der Waals surface area contributed by atoms with Gasteiger partial charge in [-0.15, -0.1) is 0 Å². The maximum absolute atomic E-state index is 5.95. The Morgan fingerprint density at radius 3 is 2.65 bits per heavy atom. The largest absolute Gasteiger partial charge is 0.493 e. The van der Waals surface area contributed by atoms with E-state index in [9.17, 15) is 0 Å². The van der Waals surface area contributed by atoms with Gasteiger partial charge in [0.15, 0.2) is 0 Å². The van der Waals surface area contributed by atoms with Crippen molar-refractivity contribution in [3.63, 3.8) is 0 Å². The fourth-order valence-electron chi connectivity index (χ4n) is 2.66. The molecule has 1 heterocycles. The van der Waals surface area contributed by atoms with Gasteiger partial charge in [-0.3, -0.25) is 0 Å². The minimum Gasteiger partial charge on any atom is -0.493 e. The third kappa shape index (κ3) is 6.11. The van der Waals surface area contributed by atoms with E-state index in [0.29, 0.717) is 0 Å². The Hall–Kier alpha value is -1.74. The lowest BCUT2D eigenvalue weighted by atomic mass is 10.1. The molecule has 0 unspecified atom stereocenters. The van der Waals surface area contributed by atoms with Crippen LogP contribution < -0.4 is 10.1 Å². The maximum atomic E-state index is 5.95. The monoisotopic (exact) mass is 315 g/mol. The number of unbranched alkanes of at least 4 members (excludes halogenated alkanes) is 3. The first-order valence-corrected chi connectivity index (χ1v) is 8.60. The number of rotatable bonds is 10. The van der Waals surface area contributed by atoms with Crippen molar-refractivity contribution >= 4 is 0 Å². The van der Waals surface area contributed by atoms with Crippen LogP contribution in [0.25, 0.3) is 0 Å². The molecule has 0 aliphatic heterocycles. The summed E-state index contributed by atoms with van der Waals surface area (Å²) in [5, 5.41) is 3.40. The van der Waals surface area contributed by atoms with Gasteiger partial charge < -0.3 is 14.5 Å². The van der Waals surface area contributed by atoms with Crippen LogP contribution in [-0.4, -0.2) is 13.2 Å². The highest BCUT2D eigenvalue weighted by Crippen LogP contribution is 2.23. The van der Waals surface area contributed by atoms with Gasteiger partial charge in [-0.25, -0.2) is 0 Å². The Balaban J connectivity index is 1.51. The molecule has 2 rings (SSSR count). The summed E-state index contributed by atoms with van der Waals surface area (Å²) < 4.78 is 11.2. The van der Waals surface area contributed by atoms with Gasteiger partial charge in [0, 0.05) is 0 Å². The van der Waals surface area contributed by atoms with E-state index in [2.05, 4.69) is 38.2 Å². The van der Waals surface area contributed by atoms with E-state index >= 15 is 0 Å². The smallest absolute Gasteiger partial charge is 0.122 e. The van der Waals surface area contributed by atoms with Crippen molar-refractivity contribution in [3.05, 3.63) is 53.0 Å². The van der Waals surface area contributed by atoms with Crippen LogP contribution in [0.5, 0.6) is 5.75 Å². The fraction of sp³-hybridized carbons (Fsp3) is 0.500. The summed E-state index contributed by atoms with van der Waals surface area (Å²) in [5.41, 5.74) is 3.84. The quantitative estimate of drug-likeness (QED) is 0.631. The first-order chi connectivity index (χ1) is 11.2. The van der Waals surface area contributed by atoms with Gasteiger partial charge in [-0.05, 0) is 75.0 Å². The zero-order valence-electron chi connectivity index (χ0n) is 14.7. The van der Waals surface area contributed by atoms with Crippen molar-refractivity contribution in [2.75, 3.05) is 13.2 Å². The summed E-state index contributed by atoms with van der Waals surface area (Å²) in [4.78, 5) is 0. The van der Waals surface area contributed by atoms with Gasteiger partial charge in [0.25, 0.3) is 0 Å². The molecule has 1 aromatic heterocycles. The van der Waals surface area contributed by atoms with E-state index in [-0.39, 0.29) is 0 Å². The van der Waals surface area contributed by atoms with Gasteiger partial charge in [-0.1, -0.05) is 18.9 Å². The normalized spacial score (nSPS) is 10.9. The highest BCUT2D eigenvalue weighted by atomic mass is 16.5. The molecular weight excluding hydrogens is 286 g/mol. The van der Waals surface area contributed by atoms with Crippen LogP contribution in [0.1, 0.15) is 48.1 Å². The van der Waals surface area contributed by atoms with E-state index < -0.39 is 0 Å². The lowest BCUT2D eigenvalue weighted by molar-refractivity contribution is 0.302. The second-order valence-corrected chi connectivity index (χ2v) is 6.22. The predicted octanol–water partition coefficient (Wildman–Crippen LogP) is 4.93. The molecule has 1 N–H and O–H groups in total. The minimum atomic E-state index is 0.809. The summed E-state index contributed by atoms with van der Waals surface area (Å²) >= 11 is 0. The van der Waals surface area contributed by atoms with Gasteiger partial charge in [0.05, 0.1) is 19.4 Å². The SMILES string of the molecule is Cc1cc(C)c(C)c(OCCCCCCNCc2ccco2)c1. The molecule has 1 aromatic carbocycles. The molecule has 3 nitrogen and oxygen atoms in total. The molecule has 0 aliphatic carbocycles. The van der Waals surface area contributed by atoms with E-state index in [1.54, 1.807) is 6.26 Å². The Bertz CT molecular complexity index is 576. The highest BCUT2D eigenvalue weighted by Gasteiger charge is 2.03. The van der Waals surface area contributed by atoms with Crippen LogP contribution >= 0.6 is 0 Å². The van der Waals surface area contributed by atoms with Crippen LogP contribution in [0, 0.1) is 20.8 Å². The molecule has 3 heteroatoms. The molecule has 0 amide bonds. The predicted molar refractivity (Wildman–Crippen MR) is 95.0 cm³/mol. The first-order valence-electron chi connectivity index (χ1n) is 8.60. The number of aryl methyl sites for hydroxylation is 2. The third-order valence-corrected chi connectivity index (χ3v) is 4.15. The summed E-state index contributed by atoms with van der Waals surface area (Å²) in [5.74, 6) is 2.05. The third-order valence-electron chi connectivity index (χ3n) is 4.15. The molecule has 0 radical (unpaired) electrons. The van der Waals surface area contributed by atoms with Gasteiger partial charge in [0.1, 0.15) is 11.5 Å². The van der Waals surface area contributed by atoms with Crippen LogP contribution in [0.3, 0.4) is 0 Å². The van der Waals surface area contributed by atoms with Crippen molar-refractivity contribution in [3.8, 4) is 5.75 Å². The zero-order chi connectivity index (χ0) is 16.5. The molecule has 0 bridgehead atoms. The number of hydrogen-bond acceptors (Lipinski definition) is 3. The Morgan fingerprint density at radius 1 is 1.04 bits per heavy atom. The lowest BCUT2D eigenvalue weighted by Crippen LogP contribution is -2.14. The van der Waals surface area contributed by atoms with E-state index in [4.69, 9.17) is 9.15 Å². The summed E-state index contributed by atoms with van der Waals surface area (Å²) in [7, 11) is 0. The minimum absolute atomic E-state index is 0.809. The number of nitrogens with one attached hydrogen (secondary N) is 1. The summed E-state index contributed by atoms with van der Waals surface area (Å²) in [6.45, 7) is 9.07. The maximum Gasteiger partial charge on any atom is 0.122 e. The molecule has 126 valence electrons. The topological polar surface area (TPSA) is 34.4 Å². The molecule has 0 saturated heterocycles. The van der Waals surface area contributed by atoms with Crippen LogP contribution in [0.4, 0.5) is 0 Å². The molecular formula is C20H29NO2. The van der Waals surface area contributed by atoms with Crippen molar-refractivity contribution in [1.29, 1.82) is 0 Å². The number of benzene rings is 1. The summed E-state index contributed by atoms with van der Waals surface area (Å²) in [6.07, 6.45) is 6.48. The molecule has 0 fully saturated rings. The molecule has 0 aliphatic rings. The number of furan rings is 1. The van der Waals surface area contributed by atoms with Crippen molar-refractivity contribution < 1.29 is 9.15 Å². The average Bonchev–Trinajstić information content (AvgIpc) is 3.03. The van der Waals surface area contributed by atoms with Crippen molar-refractivity contribution in [2.45, 2.75) is 53.0 Å². The first kappa shape index (κ1) is 17.6. The van der Waals surface area contributed by atoms with Crippen LogP contribution in [0.15, 0.2) is 34.9 Å². The second kappa shape index (κ2) is 9.41. The van der Waals surface area contributed by atoms with Crippen LogP contribution in [0.2, 0.25) is 0 Å². The van der Waals surface area contributed by atoms with E-state index in [1.807, 2.05) is 12.1 Å². The average molecular weight is 315 g/mol. The number of ether oxygens (including phenoxy) is 1. The molecule has 23 heavy (non-hydrogen) atoms. The molecule has 0 atom stereocenters. The zero-order valence-corrected chi connectivity index (χ0v) is 14.7. The fourth-order valence-corrected chi connectivity index (χ4v) is 2.66. The number of hydrogen-bond donors (Lipinski definition) is 1. The molecule has 2 aromatic rings. The Kier molecular flexibility index (Phi) is 7.21. The molecule has 0 spiro atoms. The van der Waals surface area contributed by atoms with Crippen molar-refractivity contribution in [1.82, 2.24) is 5.32 Å². The second-order valence-electron chi connectivity index (χ2n) is 6.22. The lowest BCUT2D eigenvalue weighted by Gasteiger charge is -2.12. The van der Waals surface area contributed by atoms with Crippen molar-refractivity contribution in [2.24, 2.45) is 0 Å². The Morgan fingerprint density at radius 2 is 1.87 bits per heavy atom. The van der Waals surface area contributed by atoms with Gasteiger partial charge in [-0.2, -0.15) is 0 Å². The summed E-state index contributed by atoms with van der Waals surface area (Å²) in [6, 6.07) is 8.27. The standard InChI is InChI=1S/C20H29NO2/c1-16-13-17(2)18(3)20(14-16)23-11-7-5-4-6-10-21-15-19-9-8-12-22-19/h8-9,12-14,21H,4-7,10-11,15H2,1-3H3. The molecule has 0 saturated carbocycles. The van der Waals surface area contributed by atoms with Gasteiger partial charge in [0.2, 0.25) is 0 Å². The van der Waals surface area contributed by atoms with E-state index in [1.165, 1.54) is 36.0 Å². The van der Waals surface area contributed by atoms with Crippen LogP contribution in [-0.2, 0) is 6.54 Å². The Labute approximate surface area is 140 Å². The van der Waals surface area contributed by atoms with E-state index in [0.717, 1.165) is 37.6 Å².